The van der Waals surface area contributed by atoms with Gasteiger partial charge in [0.1, 0.15) is 6.04 Å². The van der Waals surface area contributed by atoms with Crippen LogP contribution in [0.5, 0.6) is 0 Å². The fourth-order valence-electron chi connectivity index (χ4n) is 1.59. The van der Waals surface area contributed by atoms with Crippen molar-refractivity contribution in [3.05, 3.63) is 34.9 Å². The fourth-order valence-corrected chi connectivity index (χ4v) is 1.59. The summed E-state index contributed by atoms with van der Waals surface area (Å²) in [5, 5.41) is 0. The maximum atomic E-state index is 12.7. The number of esters is 1. The zero-order valence-corrected chi connectivity index (χ0v) is 10.0. The van der Waals surface area contributed by atoms with Crippen molar-refractivity contribution in [2.24, 2.45) is 5.73 Å². The average molecular weight is 261 g/mol. The molecule has 0 fully saturated rings. The number of methoxy groups -OCH3 is 1. The highest BCUT2D eigenvalue weighted by molar-refractivity contribution is 5.75. The molecular weight excluding hydrogens is 247 g/mol. The van der Waals surface area contributed by atoms with Gasteiger partial charge in [0.15, 0.2) is 0 Å². The Morgan fingerprint density at radius 1 is 1.44 bits per heavy atom. The molecule has 0 heterocycles. The smallest absolute Gasteiger partial charge is 0.416 e. The number of ether oxygens (including phenoxy) is 1. The second-order valence-electron chi connectivity index (χ2n) is 3.98. The predicted octanol–water partition coefficient (Wildman–Crippen LogP) is 2.06. The number of carbonyl (C=O) groups excluding carboxylic acids is 1. The molecule has 18 heavy (non-hydrogen) atoms. The molecule has 0 saturated carbocycles. The first-order chi connectivity index (χ1) is 8.25. The summed E-state index contributed by atoms with van der Waals surface area (Å²) < 4.78 is 42.4. The van der Waals surface area contributed by atoms with Gasteiger partial charge in [-0.1, -0.05) is 12.1 Å². The van der Waals surface area contributed by atoms with Crippen LogP contribution >= 0.6 is 0 Å². The lowest BCUT2D eigenvalue weighted by Crippen LogP contribution is -2.33. The summed E-state index contributed by atoms with van der Waals surface area (Å²) in [5.74, 6) is -0.649. The molecule has 1 aromatic rings. The van der Waals surface area contributed by atoms with E-state index in [0.29, 0.717) is 5.56 Å². The van der Waals surface area contributed by atoms with Crippen LogP contribution < -0.4 is 5.73 Å². The van der Waals surface area contributed by atoms with Gasteiger partial charge in [0.2, 0.25) is 0 Å². The predicted molar refractivity (Wildman–Crippen MR) is 59.9 cm³/mol. The van der Waals surface area contributed by atoms with Gasteiger partial charge in [-0.25, -0.2) is 0 Å². The third-order valence-electron chi connectivity index (χ3n) is 2.57. The molecule has 3 nitrogen and oxygen atoms in total. The Morgan fingerprint density at radius 3 is 2.56 bits per heavy atom. The van der Waals surface area contributed by atoms with Crippen molar-refractivity contribution in [2.75, 3.05) is 7.11 Å². The first-order valence-corrected chi connectivity index (χ1v) is 5.26. The molecule has 1 rings (SSSR count). The van der Waals surface area contributed by atoms with E-state index in [0.717, 1.165) is 6.07 Å². The molecule has 0 aliphatic heterocycles. The highest BCUT2D eigenvalue weighted by Gasteiger charge is 2.32. The number of rotatable bonds is 3. The number of halogens is 3. The Kier molecular flexibility index (Phi) is 4.34. The van der Waals surface area contributed by atoms with E-state index in [1.54, 1.807) is 0 Å². The molecule has 0 spiro atoms. The highest BCUT2D eigenvalue weighted by atomic mass is 19.4. The van der Waals surface area contributed by atoms with Gasteiger partial charge in [0.25, 0.3) is 0 Å². The molecule has 0 radical (unpaired) electrons. The second-order valence-corrected chi connectivity index (χ2v) is 3.98. The van der Waals surface area contributed by atoms with Gasteiger partial charge >= 0.3 is 12.1 Å². The van der Waals surface area contributed by atoms with Crippen LogP contribution in [0.1, 0.15) is 16.7 Å². The lowest BCUT2D eigenvalue weighted by atomic mass is 10.00. The Hall–Kier alpha value is -1.56. The van der Waals surface area contributed by atoms with Crippen LogP contribution in [0.4, 0.5) is 13.2 Å². The molecule has 0 amide bonds. The van der Waals surface area contributed by atoms with Crippen LogP contribution in [0.15, 0.2) is 18.2 Å². The number of hydrogen-bond acceptors (Lipinski definition) is 3. The van der Waals surface area contributed by atoms with E-state index in [2.05, 4.69) is 4.74 Å². The van der Waals surface area contributed by atoms with Gasteiger partial charge in [0, 0.05) is 0 Å². The molecule has 0 aliphatic carbocycles. The standard InChI is InChI=1S/C12H14F3NO2/c1-7-3-4-8(5-9(7)12(13,14)15)6-10(16)11(17)18-2/h3-5,10H,6,16H2,1-2H3/t10-/m0/s1. The molecule has 0 aromatic heterocycles. The normalized spacial score (nSPS) is 13.2. The summed E-state index contributed by atoms with van der Waals surface area (Å²) in [6.07, 6.45) is -4.40. The minimum atomic E-state index is -4.41. The Labute approximate surface area is 103 Å². The summed E-state index contributed by atoms with van der Waals surface area (Å²) >= 11 is 0. The SMILES string of the molecule is COC(=O)[C@@H](N)Cc1ccc(C)c(C(F)(F)F)c1. The van der Waals surface area contributed by atoms with E-state index in [1.807, 2.05) is 0 Å². The van der Waals surface area contributed by atoms with Crippen molar-refractivity contribution in [1.82, 2.24) is 0 Å². The molecule has 0 bridgehead atoms. The largest absolute Gasteiger partial charge is 0.468 e. The number of aryl methyl sites for hydroxylation is 1. The third-order valence-corrected chi connectivity index (χ3v) is 2.57. The summed E-state index contributed by atoms with van der Waals surface area (Å²) in [7, 11) is 1.18. The van der Waals surface area contributed by atoms with Gasteiger partial charge in [-0.3, -0.25) is 4.79 Å². The number of alkyl halides is 3. The van der Waals surface area contributed by atoms with Crippen LogP contribution in [0.3, 0.4) is 0 Å². The van der Waals surface area contributed by atoms with Gasteiger partial charge in [-0.2, -0.15) is 13.2 Å². The van der Waals surface area contributed by atoms with E-state index in [-0.39, 0.29) is 12.0 Å². The van der Waals surface area contributed by atoms with Crippen LogP contribution in [0, 0.1) is 6.92 Å². The van der Waals surface area contributed by atoms with Gasteiger partial charge < -0.3 is 10.5 Å². The van der Waals surface area contributed by atoms with Gasteiger partial charge in [-0.15, -0.1) is 0 Å². The number of nitrogens with two attached hydrogens (primary N) is 1. The van der Waals surface area contributed by atoms with Crippen molar-refractivity contribution in [2.45, 2.75) is 25.6 Å². The molecule has 0 saturated heterocycles. The van der Waals surface area contributed by atoms with Crippen LogP contribution in [0.25, 0.3) is 0 Å². The molecular formula is C12H14F3NO2. The Bertz CT molecular complexity index is 443. The highest BCUT2D eigenvalue weighted by Crippen LogP contribution is 2.32. The quantitative estimate of drug-likeness (QED) is 0.847. The monoisotopic (exact) mass is 261 g/mol. The van der Waals surface area contributed by atoms with Crippen molar-refractivity contribution in [3.8, 4) is 0 Å². The molecule has 6 heteroatoms. The zero-order chi connectivity index (χ0) is 13.9. The third kappa shape index (κ3) is 3.46. The molecule has 1 atom stereocenters. The fraction of sp³-hybridized carbons (Fsp3) is 0.417. The summed E-state index contributed by atoms with van der Waals surface area (Å²) in [6.45, 7) is 1.38. The Morgan fingerprint density at radius 2 is 2.06 bits per heavy atom. The number of benzene rings is 1. The molecule has 0 unspecified atom stereocenters. The lowest BCUT2D eigenvalue weighted by molar-refractivity contribution is -0.142. The Balaban J connectivity index is 2.96. The molecule has 100 valence electrons. The van der Waals surface area contributed by atoms with Crippen LogP contribution in [-0.2, 0) is 22.1 Å². The van der Waals surface area contributed by atoms with Crippen molar-refractivity contribution >= 4 is 5.97 Å². The van der Waals surface area contributed by atoms with Crippen LogP contribution in [-0.4, -0.2) is 19.1 Å². The zero-order valence-electron chi connectivity index (χ0n) is 10.0. The maximum Gasteiger partial charge on any atom is 0.416 e. The minimum absolute atomic E-state index is 0.00995. The summed E-state index contributed by atoms with van der Waals surface area (Å²) in [6, 6.07) is 2.94. The van der Waals surface area contributed by atoms with Gasteiger partial charge in [-0.05, 0) is 30.5 Å². The van der Waals surface area contributed by atoms with E-state index in [1.165, 1.54) is 26.2 Å². The molecule has 1 aromatic carbocycles. The maximum absolute atomic E-state index is 12.7. The topological polar surface area (TPSA) is 52.3 Å². The number of hydrogen-bond donors (Lipinski definition) is 1. The van der Waals surface area contributed by atoms with Crippen molar-refractivity contribution < 1.29 is 22.7 Å². The average Bonchev–Trinajstić information content (AvgIpc) is 2.29. The number of carbonyl (C=O) groups is 1. The summed E-state index contributed by atoms with van der Waals surface area (Å²) in [5.41, 5.74) is 5.28. The second kappa shape index (κ2) is 5.39. The van der Waals surface area contributed by atoms with E-state index in [4.69, 9.17) is 5.73 Å². The lowest BCUT2D eigenvalue weighted by Gasteiger charge is -2.14. The first kappa shape index (κ1) is 14.5. The molecule has 2 N–H and O–H groups in total. The minimum Gasteiger partial charge on any atom is -0.468 e. The van der Waals surface area contributed by atoms with E-state index in [9.17, 15) is 18.0 Å². The van der Waals surface area contributed by atoms with Crippen molar-refractivity contribution in [1.29, 1.82) is 0 Å². The van der Waals surface area contributed by atoms with Crippen molar-refractivity contribution in [3.63, 3.8) is 0 Å². The van der Waals surface area contributed by atoms with E-state index >= 15 is 0 Å². The van der Waals surface area contributed by atoms with Gasteiger partial charge in [0.05, 0.1) is 12.7 Å². The first-order valence-electron chi connectivity index (χ1n) is 5.26. The van der Waals surface area contributed by atoms with Crippen LogP contribution in [0.2, 0.25) is 0 Å². The van der Waals surface area contributed by atoms with E-state index < -0.39 is 23.8 Å². The molecule has 0 aliphatic rings. The summed E-state index contributed by atoms with van der Waals surface area (Å²) in [4.78, 5) is 11.1.